The van der Waals surface area contributed by atoms with Gasteiger partial charge in [-0.05, 0) is 17.2 Å². The van der Waals surface area contributed by atoms with Crippen LogP contribution in [-0.2, 0) is 10.5 Å². The fraction of sp³-hybridized carbons (Fsp3) is 0.0476. The van der Waals surface area contributed by atoms with Gasteiger partial charge in [-0.15, -0.1) is 5.10 Å². The van der Waals surface area contributed by atoms with Crippen LogP contribution in [0.1, 0.15) is 21.5 Å². The molecule has 0 bridgehead atoms. The smallest absolute Gasteiger partial charge is 0.249 e. The standard InChI is InChI=1S/C21H16N2O2/c24-14-16-9-11-19(12-10-16)21(23-22-15-25-21)20-8-4-7-18(13-20)17-5-2-1-3-6-17/h1-15,23H. The first-order chi connectivity index (χ1) is 12.3. The van der Waals surface area contributed by atoms with Crippen molar-refractivity contribution >= 4 is 12.7 Å². The zero-order chi connectivity index (χ0) is 17.1. The van der Waals surface area contributed by atoms with E-state index in [1.54, 1.807) is 12.1 Å². The van der Waals surface area contributed by atoms with Crippen LogP contribution in [-0.4, -0.2) is 12.7 Å². The van der Waals surface area contributed by atoms with Gasteiger partial charge in [0, 0.05) is 16.7 Å². The highest BCUT2D eigenvalue weighted by molar-refractivity contribution is 5.75. The highest BCUT2D eigenvalue weighted by atomic mass is 16.5. The van der Waals surface area contributed by atoms with E-state index in [4.69, 9.17) is 4.74 Å². The lowest BCUT2D eigenvalue weighted by Crippen LogP contribution is -2.38. The van der Waals surface area contributed by atoms with Crippen LogP contribution in [0, 0.1) is 0 Å². The van der Waals surface area contributed by atoms with Crippen molar-refractivity contribution in [3.05, 3.63) is 95.6 Å². The van der Waals surface area contributed by atoms with Crippen molar-refractivity contribution in [1.29, 1.82) is 0 Å². The molecule has 3 aromatic rings. The van der Waals surface area contributed by atoms with Gasteiger partial charge in [-0.3, -0.25) is 10.2 Å². The van der Waals surface area contributed by atoms with Crippen LogP contribution < -0.4 is 5.43 Å². The molecule has 0 radical (unpaired) electrons. The lowest BCUT2D eigenvalue weighted by atomic mass is 9.91. The number of hydrazone groups is 1. The number of hydrogen-bond donors (Lipinski definition) is 1. The van der Waals surface area contributed by atoms with Crippen LogP contribution in [0.3, 0.4) is 0 Å². The molecule has 4 rings (SSSR count). The van der Waals surface area contributed by atoms with Crippen molar-refractivity contribution in [2.75, 3.05) is 0 Å². The fourth-order valence-electron chi connectivity index (χ4n) is 3.03. The molecular weight excluding hydrogens is 312 g/mol. The van der Waals surface area contributed by atoms with E-state index in [9.17, 15) is 4.79 Å². The summed E-state index contributed by atoms with van der Waals surface area (Å²) in [7, 11) is 0. The zero-order valence-electron chi connectivity index (χ0n) is 13.4. The summed E-state index contributed by atoms with van der Waals surface area (Å²) in [4.78, 5) is 10.9. The molecule has 1 aliphatic heterocycles. The van der Waals surface area contributed by atoms with E-state index in [1.165, 1.54) is 6.40 Å². The Kier molecular flexibility index (Phi) is 3.78. The third kappa shape index (κ3) is 2.68. The summed E-state index contributed by atoms with van der Waals surface area (Å²) in [6.07, 6.45) is 2.23. The van der Waals surface area contributed by atoms with Crippen molar-refractivity contribution in [2.45, 2.75) is 5.72 Å². The monoisotopic (exact) mass is 328 g/mol. The Morgan fingerprint density at radius 1 is 0.840 bits per heavy atom. The van der Waals surface area contributed by atoms with E-state index in [-0.39, 0.29) is 0 Å². The average Bonchev–Trinajstić information content (AvgIpc) is 3.20. The summed E-state index contributed by atoms with van der Waals surface area (Å²) in [5.41, 5.74) is 6.84. The van der Waals surface area contributed by atoms with Crippen molar-refractivity contribution in [1.82, 2.24) is 5.43 Å². The molecule has 4 nitrogen and oxygen atoms in total. The summed E-state index contributed by atoms with van der Waals surface area (Å²) >= 11 is 0. The minimum atomic E-state index is -0.897. The minimum Gasteiger partial charge on any atom is -0.446 e. The quantitative estimate of drug-likeness (QED) is 0.738. The van der Waals surface area contributed by atoms with Gasteiger partial charge in [0.2, 0.25) is 5.72 Å². The molecule has 0 spiro atoms. The molecule has 1 heterocycles. The van der Waals surface area contributed by atoms with Crippen molar-refractivity contribution in [3.63, 3.8) is 0 Å². The molecule has 0 saturated carbocycles. The van der Waals surface area contributed by atoms with Gasteiger partial charge in [-0.2, -0.15) is 0 Å². The maximum atomic E-state index is 10.9. The molecule has 1 N–H and O–H groups in total. The lowest BCUT2D eigenvalue weighted by Gasteiger charge is -2.29. The molecule has 122 valence electrons. The Labute approximate surface area is 145 Å². The molecule has 4 heteroatoms. The molecule has 0 aliphatic carbocycles. The normalized spacial score (nSPS) is 18.4. The van der Waals surface area contributed by atoms with Crippen LogP contribution in [0.15, 0.2) is 84.0 Å². The van der Waals surface area contributed by atoms with Gasteiger partial charge in [0.15, 0.2) is 6.40 Å². The van der Waals surface area contributed by atoms with Gasteiger partial charge in [-0.1, -0.05) is 72.8 Å². The number of ether oxygens (including phenoxy) is 1. The summed E-state index contributed by atoms with van der Waals surface area (Å²) < 4.78 is 5.89. The largest absolute Gasteiger partial charge is 0.446 e. The van der Waals surface area contributed by atoms with Crippen molar-refractivity contribution in [3.8, 4) is 11.1 Å². The molecule has 0 amide bonds. The van der Waals surface area contributed by atoms with Crippen LogP contribution in [0.2, 0.25) is 0 Å². The highest BCUT2D eigenvalue weighted by Gasteiger charge is 2.39. The molecule has 1 aliphatic rings. The van der Waals surface area contributed by atoms with E-state index in [0.29, 0.717) is 5.56 Å². The SMILES string of the molecule is O=Cc1ccc(C2(c3cccc(-c4ccccc4)c3)NN=CO2)cc1. The molecular formula is C21H16N2O2. The maximum absolute atomic E-state index is 10.9. The number of carbonyl (C=O) groups excluding carboxylic acids is 1. The maximum Gasteiger partial charge on any atom is 0.249 e. The number of nitrogens with zero attached hydrogens (tertiary/aromatic N) is 1. The number of rotatable bonds is 4. The van der Waals surface area contributed by atoms with Gasteiger partial charge in [0.25, 0.3) is 0 Å². The molecule has 0 saturated heterocycles. The fourth-order valence-corrected chi connectivity index (χ4v) is 3.03. The first-order valence-electron chi connectivity index (χ1n) is 8.00. The zero-order valence-corrected chi connectivity index (χ0v) is 13.4. The molecule has 3 aromatic carbocycles. The second-order valence-corrected chi connectivity index (χ2v) is 5.83. The summed E-state index contributed by atoms with van der Waals surface area (Å²) in [6, 6.07) is 25.6. The van der Waals surface area contributed by atoms with E-state index in [1.807, 2.05) is 42.5 Å². The van der Waals surface area contributed by atoms with Gasteiger partial charge < -0.3 is 4.74 Å². The third-order valence-electron chi connectivity index (χ3n) is 4.33. The molecule has 25 heavy (non-hydrogen) atoms. The first kappa shape index (κ1) is 15.1. The molecule has 0 fully saturated rings. The Hall–Kier alpha value is -3.40. The summed E-state index contributed by atoms with van der Waals surface area (Å²) in [6.45, 7) is 0. The summed E-state index contributed by atoms with van der Waals surface area (Å²) in [5.74, 6) is 0. The third-order valence-corrected chi connectivity index (χ3v) is 4.33. The second-order valence-electron chi connectivity index (χ2n) is 5.83. The number of nitrogens with one attached hydrogen (secondary N) is 1. The predicted molar refractivity (Wildman–Crippen MR) is 97.2 cm³/mol. The number of carbonyl (C=O) groups is 1. The second kappa shape index (κ2) is 6.24. The van der Waals surface area contributed by atoms with E-state index in [0.717, 1.165) is 28.5 Å². The molecule has 1 atom stereocenters. The van der Waals surface area contributed by atoms with E-state index >= 15 is 0 Å². The average molecular weight is 328 g/mol. The first-order valence-corrected chi connectivity index (χ1v) is 8.00. The van der Waals surface area contributed by atoms with Crippen LogP contribution in [0.25, 0.3) is 11.1 Å². The van der Waals surface area contributed by atoms with Gasteiger partial charge >= 0.3 is 0 Å². The van der Waals surface area contributed by atoms with Crippen LogP contribution in [0.5, 0.6) is 0 Å². The minimum absolute atomic E-state index is 0.621. The van der Waals surface area contributed by atoms with Gasteiger partial charge in [0.1, 0.15) is 6.29 Å². The van der Waals surface area contributed by atoms with Crippen LogP contribution in [0.4, 0.5) is 0 Å². The Morgan fingerprint density at radius 2 is 1.60 bits per heavy atom. The topological polar surface area (TPSA) is 50.7 Å². The number of hydrogen-bond acceptors (Lipinski definition) is 4. The van der Waals surface area contributed by atoms with Gasteiger partial charge in [0.05, 0.1) is 0 Å². The molecule has 0 aromatic heterocycles. The Morgan fingerprint density at radius 3 is 2.28 bits per heavy atom. The summed E-state index contributed by atoms with van der Waals surface area (Å²) in [5, 5.41) is 4.07. The number of benzene rings is 3. The van der Waals surface area contributed by atoms with Crippen molar-refractivity contribution in [2.24, 2.45) is 5.10 Å². The number of aldehydes is 1. The van der Waals surface area contributed by atoms with Crippen LogP contribution >= 0.6 is 0 Å². The Bertz CT molecular complexity index is 910. The van der Waals surface area contributed by atoms with E-state index in [2.05, 4.69) is 34.8 Å². The Balaban J connectivity index is 1.80. The lowest BCUT2D eigenvalue weighted by molar-refractivity contribution is 0.0971. The highest BCUT2D eigenvalue weighted by Crippen LogP contribution is 2.35. The van der Waals surface area contributed by atoms with E-state index < -0.39 is 5.72 Å². The predicted octanol–water partition coefficient (Wildman–Crippen LogP) is 3.93. The molecule has 1 unspecified atom stereocenters. The van der Waals surface area contributed by atoms with Crippen molar-refractivity contribution < 1.29 is 9.53 Å². The van der Waals surface area contributed by atoms with Gasteiger partial charge in [-0.25, -0.2) is 0 Å².